The fourth-order valence-corrected chi connectivity index (χ4v) is 1.51. The van der Waals surface area contributed by atoms with Crippen LogP contribution in [0.4, 0.5) is 0 Å². The molecule has 1 aromatic carbocycles. The van der Waals surface area contributed by atoms with Crippen LogP contribution in [0.3, 0.4) is 0 Å². The lowest BCUT2D eigenvalue weighted by atomic mass is 10.2. The van der Waals surface area contributed by atoms with Crippen molar-refractivity contribution in [3.8, 4) is 0 Å². The van der Waals surface area contributed by atoms with Crippen LogP contribution in [0, 0.1) is 4.51 Å². The first-order valence-corrected chi connectivity index (χ1v) is 4.34. The van der Waals surface area contributed by atoms with Gasteiger partial charge >= 0.3 is 0 Å². The smallest absolute Gasteiger partial charge is 0.135 e. The van der Waals surface area contributed by atoms with Crippen molar-refractivity contribution in [1.82, 2.24) is 0 Å². The Balaban J connectivity index is 2.87. The summed E-state index contributed by atoms with van der Waals surface area (Å²) in [6.07, 6.45) is 1.50. The van der Waals surface area contributed by atoms with Gasteiger partial charge in [-0.15, -0.1) is 0 Å². The van der Waals surface area contributed by atoms with Gasteiger partial charge in [-0.25, -0.2) is 0 Å². The first-order valence-electron chi connectivity index (χ1n) is 3.93. The van der Waals surface area contributed by atoms with Gasteiger partial charge in [0.15, 0.2) is 0 Å². The predicted molar refractivity (Wildman–Crippen MR) is 53.0 cm³/mol. The molecule has 0 aliphatic rings. The molecule has 0 amide bonds. The predicted octanol–water partition coefficient (Wildman–Crippen LogP) is 2.65. The molecule has 66 valence electrons. The van der Waals surface area contributed by atoms with Gasteiger partial charge in [-0.3, -0.25) is 0 Å². The van der Waals surface area contributed by atoms with Crippen LogP contribution in [-0.4, -0.2) is 5.11 Å². The van der Waals surface area contributed by atoms with Gasteiger partial charge in [0, 0.05) is 10.9 Å². The Kier molecular flexibility index (Phi) is 2.12. The SMILES string of the molecule is OCc1coc2ccccc2c1=S. The zero-order valence-electron chi connectivity index (χ0n) is 6.86. The minimum Gasteiger partial charge on any atom is -0.464 e. The molecule has 0 unspecified atom stereocenters. The minimum absolute atomic E-state index is 0.0762. The molecule has 1 heterocycles. The van der Waals surface area contributed by atoms with E-state index in [1.54, 1.807) is 0 Å². The van der Waals surface area contributed by atoms with Crippen molar-refractivity contribution in [3.63, 3.8) is 0 Å². The lowest BCUT2D eigenvalue weighted by Crippen LogP contribution is -1.85. The number of aliphatic hydroxyl groups excluding tert-OH is 1. The maximum absolute atomic E-state index is 8.95. The van der Waals surface area contributed by atoms with Crippen LogP contribution in [0.5, 0.6) is 0 Å². The molecule has 0 aliphatic carbocycles. The molecule has 0 atom stereocenters. The molecule has 0 saturated carbocycles. The first kappa shape index (κ1) is 8.41. The third kappa shape index (κ3) is 1.36. The van der Waals surface area contributed by atoms with Crippen molar-refractivity contribution >= 4 is 23.2 Å². The summed E-state index contributed by atoms with van der Waals surface area (Å²) in [5, 5.41) is 9.83. The van der Waals surface area contributed by atoms with E-state index in [9.17, 15) is 0 Å². The Labute approximate surface area is 80.4 Å². The Morgan fingerprint density at radius 3 is 2.85 bits per heavy atom. The van der Waals surface area contributed by atoms with Crippen LogP contribution in [-0.2, 0) is 6.61 Å². The Morgan fingerprint density at radius 1 is 1.31 bits per heavy atom. The highest BCUT2D eigenvalue weighted by atomic mass is 32.1. The molecule has 2 aromatic rings. The maximum Gasteiger partial charge on any atom is 0.135 e. The van der Waals surface area contributed by atoms with Crippen molar-refractivity contribution in [1.29, 1.82) is 0 Å². The summed E-state index contributed by atoms with van der Waals surface area (Å²) in [5.74, 6) is 0. The third-order valence-electron chi connectivity index (χ3n) is 1.92. The maximum atomic E-state index is 8.95. The normalized spacial score (nSPS) is 10.5. The number of fused-ring (bicyclic) bond motifs is 1. The summed E-state index contributed by atoms with van der Waals surface area (Å²) in [7, 11) is 0. The number of aliphatic hydroxyl groups is 1. The Bertz CT molecular complexity index is 487. The van der Waals surface area contributed by atoms with Crippen LogP contribution in [0.25, 0.3) is 11.0 Å². The zero-order chi connectivity index (χ0) is 9.26. The first-order chi connectivity index (χ1) is 6.33. The van der Waals surface area contributed by atoms with Crippen LogP contribution in [0.15, 0.2) is 34.9 Å². The number of para-hydroxylation sites is 1. The van der Waals surface area contributed by atoms with Gasteiger partial charge in [0.25, 0.3) is 0 Å². The monoisotopic (exact) mass is 192 g/mol. The van der Waals surface area contributed by atoms with Gasteiger partial charge in [0.2, 0.25) is 0 Å². The topological polar surface area (TPSA) is 33.4 Å². The molecule has 0 fully saturated rings. The lowest BCUT2D eigenvalue weighted by Gasteiger charge is -1.99. The quantitative estimate of drug-likeness (QED) is 0.705. The van der Waals surface area contributed by atoms with Gasteiger partial charge in [0.05, 0.1) is 17.4 Å². The minimum atomic E-state index is -0.0762. The van der Waals surface area contributed by atoms with Crippen molar-refractivity contribution < 1.29 is 9.52 Å². The standard InChI is InChI=1S/C10H8O2S/c11-5-7-6-12-9-4-2-1-3-8(9)10(7)13/h1-4,6,11H,5H2. The van der Waals surface area contributed by atoms with Gasteiger partial charge in [-0.05, 0) is 12.1 Å². The number of rotatable bonds is 1. The highest BCUT2D eigenvalue weighted by Crippen LogP contribution is 2.18. The van der Waals surface area contributed by atoms with E-state index in [4.69, 9.17) is 21.7 Å². The molecule has 1 N–H and O–H groups in total. The number of benzene rings is 1. The molecule has 13 heavy (non-hydrogen) atoms. The van der Waals surface area contributed by atoms with Gasteiger partial charge in [-0.1, -0.05) is 24.4 Å². The highest BCUT2D eigenvalue weighted by Gasteiger charge is 2.00. The van der Waals surface area contributed by atoms with Gasteiger partial charge in [0.1, 0.15) is 5.58 Å². The molecular formula is C10H8O2S. The van der Waals surface area contributed by atoms with E-state index in [0.717, 1.165) is 11.0 Å². The lowest BCUT2D eigenvalue weighted by molar-refractivity contribution is 0.278. The van der Waals surface area contributed by atoms with Crippen molar-refractivity contribution in [3.05, 3.63) is 40.6 Å². The summed E-state index contributed by atoms with van der Waals surface area (Å²) >= 11 is 5.17. The largest absolute Gasteiger partial charge is 0.464 e. The van der Waals surface area contributed by atoms with E-state index < -0.39 is 0 Å². The molecule has 2 rings (SSSR count). The summed E-state index contributed by atoms with van der Waals surface area (Å²) in [4.78, 5) is 0. The van der Waals surface area contributed by atoms with E-state index in [1.807, 2.05) is 24.3 Å². The molecule has 3 heteroatoms. The molecule has 0 saturated heterocycles. The second-order valence-corrected chi connectivity index (χ2v) is 3.15. The fourth-order valence-electron chi connectivity index (χ4n) is 1.23. The van der Waals surface area contributed by atoms with Crippen LogP contribution >= 0.6 is 12.2 Å². The van der Waals surface area contributed by atoms with E-state index in [2.05, 4.69) is 0 Å². The summed E-state index contributed by atoms with van der Waals surface area (Å²) in [5.41, 5.74) is 1.42. The summed E-state index contributed by atoms with van der Waals surface area (Å²) in [6.45, 7) is -0.0762. The molecule has 2 nitrogen and oxygen atoms in total. The summed E-state index contributed by atoms with van der Waals surface area (Å²) in [6, 6.07) is 7.53. The number of hydrogen-bond donors (Lipinski definition) is 1. The molecule has 0 aliphatic heterocycles. The average molecular weight is 192 g/mol. The van der Waals surface area contributed by atoms with E-state index in [1.165, 1.54) is 6.26 Å². The van der Waals surface area contributed by atoms with Crippen molar-refractivity contribution in [2.45, 2.75) is 6.61 Å². The summed E-state index contributed by atoms with van der Waals surface area (Å²) < 4.78 is 5.96. The van der Waals surface area contributed by atoms with E-state index in [-0.39, 0.29) is 6.61 Å². The van der Waals surface area contributed by atoms with Crippen LogP contribution in [0.2, 0.25) is 0 Å². The zero-order valence-corrected chi connectivity index (χ0v) is 7.67. The van der Waals surface area contributed by atoms with E-state index in [0.29, 0.717) is 10.1 Å². The molecule has 0 bridgehead atoms. The van der Waals surface area contributed by atoms with Gasteiger partial charge < -0.3 is 9.52 Å². The second-order valence-electron chi connectivity index (χ2n) is 2.74. The molecule has 0 spiro atoms. The fraction of sp³-hybridized carbons (Fsp3) is 0.100. The van der Waals surface area contributed by atoms with Gasteiger partial charge in [-0.2, -0.15) is 0 Å². The molecule has 0 radical (unpaired) electrons. The molecular weight excluding hydrogens is 184 g/mol. The van der Waals surface area contributed by atoms with Crippen LogP contribution < -0.4 is 0 Å². The van der Waals surface area contributed by atoms with Crippen LogP contribution in [0.1, 0.15) is 5.56 Å². The Hall–Kier alpha value is -1.19. The number of hydrogen-bond acceptors (Lipinski definition) is 3. The molecule has 1 aromatic heterocycles. The highest BCUT2D eigenvalue weighted by molar-refractivity contribution is 7.71. The second kappa shape index (κ2) is 3.28. The average Bonchev–Trinajstić information content (AvgIpc) is 2.19. The van der Waals surface area contributed by atoms with E-state index >= 15 is 0 Å². The van der Waals surface area contributed by atoms with Crippen molar-refractivity contribution in [2.24, 2.45) is 0 Å². The third-order valence-corrected chi connectivity index (χ3v) is 2.40. The van der Waals surface area contributed by atoms with Crippen molar-refractivity contribution in [2.75, 3.05) is 0 Å². The Morgan fingerprint density at radius 2 is 2.08 bits per heavy atom.